The molecular weight excluding hydrogens is 218 g/mol. The number of aliphatic hydroxyl groups is 1. The van der Waals surface area contributed by atoms with Gasteiger partial charge in [-0.15, -0.1) is 5.10 Å². The molecule has 1 atom stereocenters. The van der Waals surface area contributed by atoms with E-state index in [2.05, 4.69) is 38.0 Å². The molecule has 0 aliphatic rings. The van der Waals surface area contributed by atoms with Crippen molar-refractivity contribution in [1.29, 1.82) is 0 Å². The molecule has 0 aliphatic heterocycles. The van der Waals surface area contributed by atoms with Crippen LogP contribution in [-0.2, 0) is 4.74 Å². The maximum Gasteiger partial charge on any atom is 0.1000 e. The molecule has 1 rings (SSSR count). The summed E-state index contributed by atoms with van der Waals surface area (Å²) in [5.74, 6) is 0.844. The second kappa shape index (κ2) is 6.71. The summed E-state index contributed by atoms with van der Waals surface area (Å²) in [6, 6.07) is -0.145. The van der Waals surface area contributed by atoms with E-state index in [1.54, 1.807) is 4.68 Å². The van der Waals surface area contributed by atoms with Crippen LogP contribution in [0.4, 0.5) is 0 Å². The summed E-state index contributed by atoms with van der Waals surface area (Å²) < 4.78 is 7.21. The van der Waals surface area contributed by atoms with Crippen molar-refractivity contribution in [3.63, 3.8) is 0 Å². The van der Waals surface area contributed by atoms with Gasteiger partial charge in [-0.2, -0.15) is 0 Å². The molecule has 0 aromatic carbocycles. The molecule has 0 amide bonds. The molecule has 1 N–H and O–H groups in total. The lowest BCUT2D eigenvalue weighted by Crippen LogP contribution is -2.21. The zero-order valence-electron chi connectivity index (χ0n) is 11.1. The summed E-state index contributed by atoms with van der Waals surface area (Å²) in [6.45, 7) is 9.51. The Balaban J connectivity index is 2.53. The van der Waals surface area contributed by atoms with Gasteiger partial charge < -0.3 is 9.84 Å². The minimum Gasteiger partial charge on any atom is -0.394 e. The molecule has 1 unspecified atom stereocenters. The van der Waals surface area contributed by atoms with Gasteiger partial charge in [0, 0.05) is 12.8 Å². The average Bonchev–Trinajstić information content (AvgIpc) is 2.73. The van der Waals surface area contributed by atoms with Crippen molar-refractivity contribution >= 4 is 0 Å². The van der Waals surface area contributed by atoms with Crippen LogP contribution in [0.25, 0.3) is 0 Å². The van der Waals surface area contributed by atoms with Gasteiger partial charge in [-0.3, -0.25) is 0 Å². The normalized spacial score (nSPS) is 13.6. The van der Waals surface area contributed by atoms with E-state index >= 15 is 0 Å². The van der Waals surface area contributed by atoms with Gasteiger partial charge in [-0.25, -0.2) is 4.68 Å². The molecule has 98 valence electrons. The summed E-state index contributed by atoms with van der Waals surface area (Å²) >= 11 is 0. The molecule has 0 aliphatic carbocycles. The number of aliphatic hydroxyl groups excluding tert-OH is 1. The molecule has 0 radical (unpaired) electrons. The lowest BCUT2D eigenvalue weighted by molar-refractivity contribution is 0.0573. The summed E-state index contributed by atoms with van der Waals surface area (Å²) in [7, 11) is 0. The fourth-order valence-corrected chi connectivity index (χ4v) is 1.39. The first-order valence-corrected chi connectivity index (χ1v) is 6.15. The molecule has 1 aromatic rings. The number of hydrogen-bond donors (Lipinski definition) is 1. The van der Waals surface area contributed by atoms with Gasteiger partial charge in [0.2, 0.25) is 0 Å². The Bertz CT molecular complexity index is 323. The molecule has 0 bridgehead atoms. The molecule has 0 saturated heterocycles. The predicted molar refractivity (Wildman–Crippen MR) is 65.9 cm³/mol. The van der Waals surface area contributed by atoms with Crippen LogP contribution in [0.3, 0.4) is 0 Å². The van der Waals surface area contributed by atoms with Crippen LogP contribution in [0.5, 0.6) is 0 Å². The van der Waals surface area contributed by atoms with Gasteiger partial charge in [0.05, 0.1) is 24.9 Å². The molecule has 0 fully saturated rings. The number of ether oxygens (including phenoxy) is 1. The SMILES string of the molecule is CC(C)COCC(CO)n1cc(C(C)C)nn1. The van der Waals surface area contributed by atoms with Crippen LogP contribution < -0.4 is 0 Å². The summed E-state index contributed by atoms with van der Waals surface area (Å²) in [6.07, 6.45) is 1.88. The number of rotatable bonds is 7. The smallest absolute Gasteiger partial charge is 0.1000 e. The van der Waals surface area contributed by atoms with E-state index in [0.717, 1.165) is 5.69 Å². The van der Waals surface area contributed by atoms with Crippen molar-refractivity contribution in [2.75, 3.05) is 19.8 Å². The standard InChI is InChI=1S/C12H23N3O2/c1-9(2)7-17-8-11(6-16)15-5-12(10(3)4)13-14-15/h5,9-11,16H,6-8H2,1-4H3. The number of hydrogen-bond acceptors (Lipinski definition) is 4. The molecular formula is C12H23N3O2. The van der Waals surface area contributed by atoms with Crippen LogP contribution in [0.15, 0.2) is 6.20 Å². The highest BCUT2D eigenvalue weighted by Crippen LogP contribution is 2.13. The van der Waals surface area contributed by atoms with Crippen LogP contribution in [-0.4, -0.2) is 39.9 Å². The van der Waals surface area contributed by atoms with E-state index < -0.39 is 0 Å². The van der Waals surface area contributed by atoms with E-state index in [9.17, 15) is 5.11 Å². The van der Waals surface area contributed by atoms with Crippen molar-refractivity contribution < 1.29 is 9.84 Å². The molecule has 5 nitrogen and oxygen atoms in total. The first-order chi connectivity index (χ1) is 8.04. The molecule has 5 heteroatoms. The summed E-state index contributed by atoms with van der Waals surface area (Å²) in [5, 5.41) is 17.4. The van der Waals surface area contributed by atoms with E-state index in [1.807, 2.05) is 6.20 Å². The van der Waals surface area contributed by atoms with Crippen LogP contribution >= 0.6 is 0 Å². The van der Waals surface area contributed by atoms with Gasteiger partial charge in [-0.1, -0.05) is 32.9 Å². The Morgan fingerprint density at radius 3 is 2.47 bits per heavy atom. The summed E-state index contributed by atoms with van der Waals surface area (Å²) in [5.41, 5.74) is 0.937. The van der Waals surface area contributed by atoms with Crippen molar-refractivity contribution in [2.24, 2.45) is 5.92 Å². The largest absolute Gasteiger partial charge is 0.394 e. The lowest BCUT2D eigenvalue weighted by Gasteiger charge is -2.15. The van der Waals surface area contributed by atoms with Gasteiger partial charge in [0.15, 0.2) is 0 Å². The third-order valence-corrected chi connectivity index (χ3v) is 2.47. The Kier molecular flexibility index (Phi) is 5.58. The van der Waals surface area contributed by atoms with Crippen molar-refractivity contribution in [2.45, 2.75) is 39.7 Å². The predicted octanol–water partition coefficient (Wildman–Crippen LogP) is 1.61. The zero-order chi connectivity index (χ0) is 12.8. The minimum atomic E-state index is -0.145. The highest BCUT2D eigenvalue weighted by atomic mass is 16.5. The van der Waals surface area contributed by atoms with Crippen molar-refractivity contribution in [1.82, 2.24) is 15.0 Å². The maximum atomic E-state index is 9.32. The minimum absolute atomic E-state index is 0.0129. The van der Waals surface area contributed by atoms with Crippen LogP contribution in [0.2, 0.25) is 0 Å². The van der Waals surface area contributed by atoms with Gasteiger partial charge in [0.1, 0.15) is 0 Å². The zero-order valence-corrected chi connectivity index (χ0v) is 11.1. The summed E-state index contributed by atoms with van der Waals surface area (Å²) in [4.78, 5) is 0. The second-order valence-corrected chi connectivity index (χ2v) is 5.05. The molecule has 1 aromatic heterocycles. The van der Waals surface area contributed by atoms with Crippen molar-refractivity contribution in [3.8, 4) is 0 Å². The first kappa shape index (κ1) is 14.1. The lowest BCUT2D eigenvalue weighted by atomic mass is 10.1. The Labute approximate surface area is 103 Å². The first-order valence-electron chi connectivity index (χ1n) is 6.15. The third-order valence-electron chi connectivity index (χ3n) is 2.47. The monoisotopic (exact) mass is 241 g/mol. The highest BCUT2D eigenvalue weighted by molar-refractivity contribution is 4.99. The number of aromatic nitrogens is 3. The highest BCUT2D eigenvalue weighted by Gasteiger charge is 2.14. The van der Waals surface area contributed by atoms with E-state index in [0.29, 0.717) is 25.0 Å². The maximum absolute atomic E-state index is 9.32. The molecule has 1 heterocycles. The quantitative estimate of drug-likeness (QED) is 0.788. The fraction of sp³-hybridized carbons (Fsp3) is 0.833. The average molecular weight is 241 g/mol. The molecule has 0 saturated carbocycles. The Hall–Kier alpha value is -0.940. The fourth-order valence-electron chi connectivity index (χ4n) is 1.39. The second-order valence-electron chi connectivity index (χ2n) is 5.05. The topological polar surface area (TPSA) is 60.2 Å². The van der Waals surface area contributed by atoms with Crippen molar-refractivity contribution in [3.05, 3.63) is 11.9 Å². The van der Waals surface area contributed by atoms with Gasteiger partial charge in [0.25, 0.3) is 0 Å². The van der Waals surface area contributed by atoms with Crippen LogP contribution in [0.1, 0.15) is 45.3 Å². The van der Waals surface area contributed by atoms with Gasteiger partial charge >= 0.3 is 0 Å². The van der Waals surface area contributed by atoms with E-state index in [-0.39, 0.29) is 12.6 Å². The Morgan fingerprint density at radius 1 is 1.29 bits per heavy atom. The van der Waals surface area contributed by atoms with Crippen LogP contribution in [0, 0.1) is 5.92 Å². The molecule has 0 spiro atoms. The third kappa shape index (κ3) is 4.44. The Morgan fingerprint density at radius 2 is 2.00 bits per heavy atom. The van der Waals surface area contributed by atoms with Gasteiger partial charge in [-0.05, 0) is 11.8 Å². The molecule has 17 heavy (non-hydrogen) atoms. The van der Waals surface area contributed by atoms with E-state index in [1.165, 1.54) is 0 Å². The number of nitrogens with zero attached hydrogens (tertiary/aromatic N) is 3. The van der Waals surface area contributed by atoms with E-state index in [4.69, 9.17) is 4.74 Å².